The largest absolute Gasteiger partial charge is 0.356 e. The zero-order chi connectivity index (χ0) is 19.1. The third-order valence-electron chi connectivity index (χ3n) is 5.95. The van der Waals surface area contributed by atoms with Gasteiger partial charge >= 0.3 is 0 Å². The zero-order valence-electron chi connectivity index (χ0n) is 15.4. The molecule has 0 amide bonds. The SMILES string of the molecule is FC(F)c1ccc2ncc(-c3cc(N4CCC5(CCNCC5)C4)ncn3)n2n1. The van der Waals surface area contributed by atoms with E-state index in [0.717, 1.165) is 32.0 Å². The predicted octanol–water partition coefficient (Wildman–Crippen LogP) is 2.70. The molecule has 9 heteroatoms. The van der Waals surface area contributed by atoms with E-state index in [0.29, 0.717) is 22.5 Å². The summed E-state index contributed by atoms with van der Waals surface area (Å²) in [6.45, 7) is 4.11. The van der Waals surface area contributed by atoms with E-state index in [1.54, 1.807) is 12.3 Å². The smallest absolute Gasteiger partial charge is 0.282 e. The molecular weight excluding hydrogens is 364 g/mol. The van der Waals surface area contributed by atoms with Gasteiger partial charge in [0, 0.05) is 19.2 Å². The van der Waals surface area contributed by atoms with Gasteiger partial charge in [-0.1, -0.05) is 0 Å². The standard InChI is InChI=1S/C19H21F2N7/c20-18(21)13-1-2-16-23-10-15(28(16)26-13)14-9-17(25-12-24-14)27-8-5-19(11-27)3-6-22-7-4-19/h1-2,9-10,12,18,22H,3-8,11H2. The van der Waals surface area contributed by atoms with Gasteiger partial charge < -0.3 is 10.2 Å². The number of fused-ring (bicyclic) bond motifs is 1. The molecule has 2 fully saturated rings. The van der Waals surface area contributed by atoms with Crippen LogP contribution in [0.5, 0.6) is 0 Å². The Morgan fingerprint density at radius 3 is 2.75 bits per heavy atom. The fourth-order valence-corrected chi connectivity index (χ4v) is 4.33. The average Bonchev–Trinajstić information content (AvgIpc) is 3.33. The van der Waals surface area contributed by atoms with Crippen LogP contribution in [0.25, 0.3) is 17.0 Å². The van der Waals surface area contributed by atoms with Gasteiger partial charge in [-0.25, -0.2) is 28.2 Å². The van der Waals surface area contributed by atoms with Crippen molar-refractivity contribution in [3.8, 4) is 11.4 Å². The molecule has 0 unspecified atom stereocenters. The molecule has 2 saturated heterocycles. The average molecular weight is 385 g/mol. The summed E-state index contributed by atoms with van der Waals surface area (Å²) < 4.78 is 27.5. The molecule has 0 bridgehead atoms. The number of aromatic nitrogens is 5. The van der Waals surface area contributed by atoms with E-state index in [-0.39, 0.29) is 5.69 Å². The second-order valence-corrected chi connectivity index (χ2v) is 7.66. The van der Waals surface area contributed by atoms with Crippen molar-refractivity contribution in [1.82, 2.24) is 29.9 Å². The Morgan fingerprint density at radius 2 is 1.93 bits per heavy atom. The van der Waals surface area contributed by atoms with Gasteiger partial charge in [0.15, 0.2) is 5.65 Å². The van der Waals surface area contributed by atoms with Crippen LogP contribution in [-0.4, -0.2) is 50.7 Å². The maximum absolute atomic E-state index is 13.0. The van der Waals surface area contributed by atoms with Crippen LogP contribution >= 0.6 is 0 Å². The number of hydrogen-bond acceptors (Lipinski definition) is 6. The molecule has 1 N–H and O–H groups in total. The highest BCUT2D eigenvalue weighted by molar-refractivity contribution is 5.62. The molecule has 3 aromatic rings. The summed E-state index contributed by atoms with van der Waals surface area (Å²) in [5, 5.41) is 7.46. The van der Waals surface area contributed by atoms with Crippen LogP contribution in [0.3, 0.4) is 0 Å². The first-order chi connectivity index (χ1) is 13.6. The topological polar surface area (TPSA) is 71.2 Å². The Balaban J connectivity index is 1.46. The van der Waals surface area contributed by atoms with Crippen molar-refractivity contribution in [2.24, 2.45) is 5.41 Å². The van der Waals surface area contributed by atoms with E-state index < -0.39 is 6.43 Å². The molecule has 2 aliphatic rings. The summed E-state index contributed by atoms with van der Waals surface area (Å²) in [4.78, 5) is 15.4. The van der Waals surface area contributed by atoms with Gasteiger partial charge in [-0.2, -0.15) is 5.10 Å². The van der Waals surface area contributed by atoms with E-state index in [4.69, 9.17) is 0 Å². The lowest BCUT2D eigenvalue weighted by Gasteiger charge is -2.33. The van der Waals surface area contributed by atoms with Gasteiger partial charge in [0.25, 0.3) is 6.43 Å². The predicted molar refractivity (Wildman–Crippen MR) is 100 cm³/mol. The molecule has 5 heterocycles. The number of halogens is 2. The number of rotatable bonds is 3. The van der Waals surface area contributed by atoms with Crippen LogP contribution in [0.4, 0.5) is 14.6 Å². The number of piperidine rings is 1. The van der Waals surface area contributed by atoms with Crippen molar-refractivity contribution in [2.45, 2.75) is 25.7 Å². The van der Waals surface area contributed by atoms with Crippen molar-refractivity contribution in [3.63, 3.8) is 0 Å². The molecule has 0 aromatic carbocycles. The van der Waals surface area contributed by atoms with Gasteiger partial charge in [0.05, 0.1) is 11.9 Å². The highest BCUT2D eigenvalue weighted by atomic mass is 19.3. The summed E-state index contributed by atoms with van der Waals surface area (Å²) in [5.74, 6) is 0.861. The summed E-state index contributed by atoms with van der Waals surface area (Å²) in [5.41, 5.74) is 1.80. The Hall–Kier alpha value is -2.68. The molecule has 1 spiro atoms. The van der Waals surface area contributed by atoms with Crippen LogP contribution in [0, 0.1) is 5.41 Å². The number of nitrogens with zero attached hydrogens (tertiary/aromatic N) is 6. The Morgan fingerprint density at radius 1 is 1.07 bits per heavy atom. The van der Waals surface area contributed by atoms with Crippen LogP contribution in [0.2, 0.25) is 0 Å². The number of hydrogen-bond donors (Lipinski definition) is 1. The molecule has 0 aliphatic carbocycles. The lowest BCUT2D eigenvalue weighted by Crippen LogP contribution is -2.38. The van der Waals surface area contributed by atoms with Crippen molar-refractivity contribution in [2.75, 3.05) is 31.1 Å². The third kappa shape index (κ3) is 2.99. The minimum Gasteiger partial charge on any atom is -0.356 e. The lowest BCUT2D eigenvalue weighted by molar-refractivity contribution is 0.144. The molecule has 0 saturated carbocycles. The molecule has 5 rings (SSSR count). The molecule has 146 valence electrons. The maximum atomic E-state index is 13.0. The normalized spacial score (nSPS) is 19.2. The second-order valence-electron chi connectivity index (χ2n) is 7.66. The minimum atomic E-state index is -2.63. The van der Waals surface area contributed by atoms with Crippen molar-refractivity contribution in [3.05, 3.63) is 36.4 Å². The molecular formula is C19H21F2N7. The lowest BCUT2D eigenvalue weighted by atomic mass is 9.78. The number of nitrogens with one attached hydrogen (secondary N) is 1. The van der Waals surface area contributed by atoms with E-state index in [1.807, 2.05) is 6.07 Å². The van der Waals surface area contributed by atoms with Crippen LogP contribution in [0.15, 0.2) is 30.7 Å². The van der Waals surface area contributed by atoms with E-state index in [9.17, 15) is 8.78 Å². The van der Waals surface area contributed by atoms with Crippen molar-refractivity contribution >= 4 is 11.5 Å². The highest BCUT2D eigenvalue weighted by Crippen LogP contribution is 2.40. The molecule has 3 aromatic heterocycles. The van der Waals surface area contributed by atoms with Crippen LogP contribution < -0.4 is 10.2 Å². The van der Waals surface area contributed by atoms with Crippen LogP contribution in [0.1, 0.15) is 31.4 Å². The van der Waals surface area contributed by atoms with E-state index in [1.165, 1.54) is 36.2 Å². The Kier molecular flexibility index (Phi) is 4.19. The van der Waals surface area contributed by atoms with Crippen LogP contribution in [-0.2, 0) is 0 Å². The third-order valence-corrected chi connectivity index (χ3v) is 5.95. The fraction of sp³-hybridized carbons (Fsp3) is 0.474. The summed E-state index contributed by atoms with van der Waals surface area (Å²) in [7, 11) is 0. The monoisotopic (exact) mass is 385 g/mol. The van der Waals surface area contributed by atoms with E-state index in [2.05, 4.69) is 30.3 Å². The Labute approximate surface area is 160 Å². The maximum Gasteiger partial charge on any atom is 0.282 e. The zero-order valence-corrected chi connectivity index (χ0v) is 15.4. The van der Waals surface area contributed by atoms with Gasteiger partial charge in [-0.05, 0) is 49.9 Å². The fourth-order valence-electron chi connectivity index (χ4n) is 4.33. The Bertz CT molecular complexity index is 997. The summed E-state index contributed by atoms with van der Waals surface area (Å²) >= 11 is 0. The summed E-state index contributed by atoms with van der Waals surface area (Å²) in [6, 6.07) is 4.74. The first-order valence-electron chi connectivity index (χ1n) is 9.55. The van der Waals surface area contributed by atoms with Crippen molar-refractivity contribution in [1.29, 1.82) is 0 Å². The first kappa shape index (κ1) is 17.4. The van der Waals surface area contributed by atoms with Gasteiger partial charge in [0.2, 0.25) is 0 Å². The molecule has 0 radical (unpaired) electrons. The first-order valence-corrected chi connectivity index (χ1v) is 9.55. The minimum absolute atomic E-state index is 0.284. The van der Waals surface area contributed by atoms with E-state index >= 15 is 0 Å². The molecule has 28 heavy (non-hydrogen) atoms. The molecule has 2 aliphatic heterocycles. The second kappa shape index (κ2) is 6.73. The number of anilines is 1. The summed E-state index contributed by atoms with van der Waals surface area (Å²) in [6.07, 6.45) is 4.05. The number of alkyl halides is 2. The highest BCUT2D eigenvalue weighted by Gasteiger charge is 2.39. The van der Waals surface area contributed by atoms with Gasteiger partial charge in [-0.3, -0.25) is 0 Å². The number of imidazole rings is 1. The van der Waals surface area contributed by atoms with Gasteiger partial charge in [0.1, 0.15) is 23.5 Å². The van der Waals surface area contributed by atoms with Gasteiger partial charge in [-0.15, -0.1) is 0 Å². The quantitative estimate of drug-likeness (QED) is 0.748. The molecule has 7 nitrogen and oxygen atoms in total. The van der Waals surface area contributed by atoms with Crippen molar-refractivity contribution < 1.29 is 8.78 Å². The molecule has 0 atom stereocenters.